The van der Waals surface area contributed by atoms with Gasteiger partial charge in [-0.3, -0.25) is 9.59 Å². The van der Waals surface area contributed by atoms with E-state index in [4.69, 9.17) is 4.74 Å². The second-order valence-corrected chi connectivity index (χ2v) is 10.4. The first kappa shape index (κ1) is 31.3. The molecule has 0 aromatic heterocycles. The predicted molar refractivity (Wildman–Crippen MR) is 143 cm³/mol. The molecule has 0 bridgehead atoms. The first-order valence-corrected chi connectivity index (χ1v) is 13.3. The van der Waals surface area contributed by atoms with Gasteiger partial charge in [0.15, 0.2) is 0 Å². The number of phenolic OH excluding ortho intramolecular Hbond substituents is 1. The first-order valence-electron chi connectivity index (χ1n) is 13.3. The lowest BCUT2D eigenvalue weighted by Crippen LogP contribution is -2.55. The number of hydrogen-bond donors (Lipinski definition) is 3. The number of phenols is 1. The lowest BCUT2D eigenvalue weighted by atomic mass is 9.95. The zero-order valence-electron chi connectivity index (χ0n) is 23.2. The Kier molecular flexibility index (Phi) is 13.3. The summed E-state index contributed by atoms with van der Waals surface area (Å²) < 4.78 is 5.43. The van der Waals surface area contributed by atoms with Crippen LogP contribution >= 0.6 is 0 Å². The molecule has 3 amide bonds. The number of nitrogens with one attached hydrogen (secondary N) is 2. The van der Waals surface area contributed by atoms with Crippen molar-refractivity contribution in [2.45, 2.75) is 105 Å². The minimum Gasteiger partial charge on any atom is -0.508 e. The summed E-state index contributed by atoms with van der Waals surface area (Å²) in [4.78, 5) is 41.8. The molecule has 1 rings (SSSR count). The van der Waals surface area contributed by atoms with Crippen LogP contribution in [0.1, 0.15) is 98.6 Å². The Morgan fingerprint density at radius 2 is 1.67 bits per heavy atom. The fraction of sp³-hybridized carbons (Fsp3) is 0.679. The highest BCUT2D eigenvalue weighted by Crippen LogP contribution is 2.31. The smallest absolute Gasteiger partial charge is 0.408 e. The van der Waals surface area contributed by atoms with Gasteiger partial charge in [-0.15, -0.1) is 0 Å². The van der Waals surface area contributed by atoms with Crippen LogP contribution in [0.5, 0.6) is 5.75 Å². The SMILES string of the molecule is CCCCCN(C(=O)C(NC(=O)OC(C)(C)C)C(C)CC)C(C(=O)NCCCC)c1ccccc1O. The standard InChI is InChI=1S/C28H47N3O5/c1-8-11-15-19-31(26(34)23(20(4)10-3)30-27(35)36-28(5,6)7)24(25(33)29-18-12-9-2)21-16-13-14-17-22(21)32/h13-14,16-17,20,23-24,32H,8-12,15,18-19H2,1-7H3,(H,29,33)(H,30,35). The van der Waals surface area contributed by atoms with Crippen LogP contribution in [-0.4, -0.2) is 52.6 Å². The molecular weight excluding hydrogens is 458 g/mol. The quantitative estimate of drug-likeness (QED) is 0.297. The number of nitrogens with zero attached hydrogens (tertiary/aromatic N) is 1. The molecule has 0 radical (unpaired) electrons. The van der Waals surface area contributed by atoms with Gasteiger partial charge in [0.05, 0.1) is 0 Å². The third-order valence-electron chi connectivity index (χ3n) is 6.06. The fourth-order valence-electron chi connectivity index (χ4n) is 3.85. The average Bonchev–Trinajstić information content (AvgIpc) is 2.81. The molecular formula is C28H47N3O5. The van der Waals surface area contributed by atoms with Crippen LogP contribution in [0.15, 0.2) is 24.3 Å². The molecule has 0 heterocycles. The van der Waals surface area contributed by atoms with Gasteiger partial charge in [-0.2, -0.15) is 0 Å². The molecule has 36 heavy (non-hydrogen) atoms. The van der Waals surface area contributed by atoms with Gasteiger partial charge in [-0.25, -0.2) is 4.79 Å². The minimum absolute atomic E-state index is 0.0541. The van der Waals surface area contributed by atoms with Gasteiger partial charge in [0.25, 0.3) is 0 Å². The number of para-hydroxylation sites is 1. The number of ether oxygens (including phenoxy) is 1. The molecule has 1 aromatic carbocycles. The van der Waals surface area contributed by atoms with E-state index in [-0.39, 0.29) is 23.5 Å². The van der Waals surface area contributed by atoms with Crippen molar-refractivity contribution in [3.8, 4) is 5.75 Å². The number of amides is 3. The van der Waals surface area contributed by atoms with Crippen LogP contribution in [0.4, 0.5) is 4.79 Å². The highest BCUT2D eigenvalue weighted by Gasteiger charge is 2.38. The monoisotopic (exact) mass is 505 g/mol. The molecule has 3 N–H and O–H groups in total. The summed E-state index contributed by atoms with van der Waals surface area (Å²) in [6, 6.07) is 4.68. The minimum atomic E-state index is -1.03. The Bertz CT molecular complexity index is 837. The Hall–Kier alpha value is -2.77. The number of benzene rings is 1. The molecule has 3 atom stereocenters. The summed E-state index contributed by atoms with van der Waals surface area (Å²) in [5, 5.41) is 16.4. The second kappa shape index (κ2) is 15.4. The van der Waals surface area contributed by atoms with Crippen molar-refractivity contribution in [2.75, 3.05) is 13.1 Å². The number of aromatic hydroxyl groups is 1. The molecule has 0 saturated heterocycles. The molecule has 0 aliphatic heterocycles. The number of carbonyl (C=O) groups excluding carboxylic acids is 3. The van der Waals surface area contributed by atoms with Crippen molar-refractivity contribution >= 4 is 17.9 Å². The predicted octanol–water partition coefficient (Wildman–Crippen LogP) is 5.31. The van der Waals surface area contributed by atoms with E-state index in [0.29, 0.717) is 31.5 Å². The Morgan fingerprint density at radius 3 is 2.22 bits per heavy atom. The van der Waals surface area contributed by atoms with Crippen molar-refractivity contribution < 1.29 is 24.2 Å². The van der Waals surface area contributed by atoms with E-state index in [1.54, 1.807) is 39.0 Å². The Balaban J connectivity index is 3.48. The zero-order chi connectivity index (χ0) is 27.3. The number of hydrogen-bond acceptors (Lipinski definition) is 5. The molecule has 0 aliphatic carbocycles. The summed E-state index contributed by atoms with van der Waals surface area (Å²) in [6.45, 7) is 14.0. The summed E-state index contributed by atoms with van der Waals surface area (Å²) in [5.41, 5.74) is -0.359. The van der Waals surface area contributed by atoms with Crippen LogP contribution in [0.3, 0.4) is 0 Å². The van der Waals surface area contributed by atoms with Crippen LogP contribution in [-0.2, 0) is 14.3 Å². The Morgan fingerprint density at radius 1 is 1.03 bits per heavy atom. The van der Waals surface area contributed by atoms with Gasteiger partial charge in [0.2, 0.25) is 11.8 Å². The van der Waals surface area contributed by atoms with E-state index >= 15 is 0 Å². The normalized spacial score (nSPS) is 13.9. The largest absolute Gasteiger partial charge is 0.508 e. The molecule has 1 aromatic rings. The maximum atomic E-state index is 14.1. The van der Waals surface area contributed by atoms with Crippen molar-refractivity contribution in [2.24, 2.45) is 5.92 Å². The number of rotatable bonds is 14. The van der Waals surface area contributed by atoms with Gasteiger partial charge >= 0.3 is 6.09 Å². The molecule has 8 nitrogen and oxygen atoms in total. The highest BCUT2D eigenvalue weighted by molar-refractivity contribution is 5.92. The van der Waals surface area contributed by atoms with Crippen molar-refractivity contribution in [3.05, 3.63) is 29.8 Å². The summed E-state index contributed by atoms with van der Waals surface area (Å²) >= 11 is 0. The molecule has 3 unspecified atom stereocenters. The second-order valence-electron chi connectivity index (χ2n) is 10.4. The van der Waals surface area contributed by atoms with E-state index < -0.39 is 23.8 Å². The van der Waals surface area contributed by atoms with Gasteiger partial charge in [-0.05, 0) is 45.6 Å². The lowest BCUT2D eigenvalue weighted by Gasteiger charge is -2.36. The van der Waals surface area contributed by atoms with Gasteiger partial charge < -0.3 is 25.4 Å². The topological polar surface area (TPSA) is 108 Å². The first-order chi connectivity index (χ1) is 17.0. The van der Waals surface area contributed by atoms with E-state index in [2.05, 4.69) is 17.6 Å². The summed E-state index contributed by atoms with van der Waals surface area (Å²) in [6.07, 6.45) is 4.18. The van der Waals surface area contributed by atoms with Crippen LogP contribution in [0, 0.1) is 5.92 Å². The van der Waals surface area contributed by atoms with E-state index in [0.717, 1.165) is 25.7 Å². The Labute approximate surface area is 217 Å². The lowest BCUT2D eigenvalue weighted by molar-refractivity contribution is -0.143. The molecule has 0 aliphatic rings. The third kappa shape index (κ3) is 10.1. The number of alkyl carbamates (subject to hydrolysis) is 1. The molecule has 204 valence electrons. The van der Waals surface area contributed by atoms with Crippen LogP contribution < -0.4 is 10.6 Å². The molecule has 0 spiro atoms. The average molecular weight is 506 g/mol. The van der Waals surface area contributed by atoms with E-state index in [1.165, 1.54) is 11.0 Å². The van der Waals surface area contributed by atoms with Gasteiger partial charge in [0.1, 0.15) is 23.4 Å². The maximum Gasteiger partial charge on any atom is 0.408 e. The fourth-order valence-corrected chi connectivity index (χ4v) is 3.85. The maximum absolute atomic E-state index is 14.1. The summed E-state index contributed by atoms with van der Waals surface area (Å²) in [7, 11) is 0. The third-order valence-corrected chi connectivity index (χ3v) is 6.06. The highest BCUT2D eigenvalue weighted by atomic mass is 16.6. The van der Waals surface area contributed by atoms with Crippen molar-refractivity contribution in [1.29, 1.82) is 0 Å². The van der Waals surface area contributed by atoms with E-state index in [9.17, 15) is 19.5 Å². The molecule has 0 saturated carbocycles. The number of unbranched alkanes of at least 4 members (excludes halogenated alkanes) is 3. The molecule has 0 fully saturated rings. The van der Waals surface area contributed by atoms with E-state index in [1.807, 2.05) is 20.8 Å². The number of carbonyl (C=O) groups is 3. The van der Waals surface area contributed by atoms with Crippen molar-refractivity contribution in [1.82, 2.24) is 15.5 Å². The van der Waals surface area contributed by atoms with Crippen molar-refractivity contribution in [3.63, 3.8) is 0 Å². The molecule has 8 heteroatoms. The van der Waals surface area contributed by atoms with Gasteiger partial charge in [-0.1, -0.05) is 71.6 Å². The van der Waals surface area contributed by atoms with Gasteiger partial charge in [0, 0.05) is 18.7 Å². The zero-order valence-corrected chi connectivity index (χ0v) is 23.2. The van der Waals surface area contributed by atoms with Crippen LogP contribution in [0.25, 0.3) is 0 Å². The summed E-state index contributed by atoms with van der Waals surface area (Å²) in [5.74, 6) is -0.978. The van der Waals surface area contributed by atoms with Crippen LogP contribution in [0.2, 0.25) is 0 Å².